The molecule has 0 bridgehead atoms. The van der Waals surface area contributed by atoms with E-state index in [9.17, 15) is 0 Å². The van der Waals surface area contributed by atoms with Crippen molar-refractivity contribution in [2.24, 2.45) is 0 Å². The number of likely N-dealkylation sites (N-methyl/N-ethyl adjacent to an activating group) is 1. The van der Waals surface area contributed by atoms with Crippen molar-refractivity contribution in [3.8, 4) is 0 Å². The van der Waals surface area contributed by atoms with Gasteiger partial charge in [-0.2, -0.15) is 11.8 Å². The Morgan fingerprint density at radius 1 is 1.40 bits per heavy atom. The molecule has 0 aliphatic carbocycles. The quantitative estimate of drug-likeness (QED) is 0.759. The molecule has 0 aromatic heterocycles. The molecule has 2 atom stereocenters. The van der Waals surface area contributed by atoms with Crippen LogP contribution in [-0.2, 0) is 4.74 Å². The average molecular weight is 231 g/mol. The van der Waals surface area contributed by atoms with Crippen LogP contribution in [-0.4, -0.2) is 36.3 Å². The van der Waals surface area contributed by atoms with Crippen molar-refractivity contribution in [1.29, 1.82) is 0 Å². The minimum absolute atomic E-state index is 0.347. The second-order valence-electron chi connectivity index (χ2n) is 4.45. The van der Waals surface area contributed by atoms with Crippen LogP contribution < -0.4 is 5.32 Å². The SMILES string of the molecule is CCNC(COC(C)C)C1CCCCS1. The van der Waals surface area contributed by atoms with E-state index in [1.54, 1.807) is 0 Å². The Bertz CT molecular complexity index is 158. The van der Waals surface area contributed by atoms with E-state index in [1.807, 2.05) is 0 Å². The van der Waals surface area contributed by atoms with E-state index in [2.05, 4.69) is 37.8 Å². The third-order valence-corrected chi connectivity index (χ3v) is 4.26. The van der Waals surface area contributed by atoms with Crippen LogP contribution in [0.5, 0.6) is 0 Å². The Balaban J connectivity index is 2.33. The number of rotatable bonds is 6. The smallest absolute Gasteiger partial charge is 0.0633 e. The summed E-state index contributed by atoms with van der Waals surface area (Å²) in [6.07, 6.45) is 4.48. The predicted octanol–water partition coefficient (Wildman–Crippen LogP) is 2.68. The minimum Gasteiger partial charge on any atom is -0.377 e. The number of hydrogen-bond acceptors (Lipinski definition) is 3. The van der Waals surface area contributed by atoms with Crippen LogP contribution in [0.2, 0.25) is 0 Å². The van der Waals surface area contributed by atoms with Gasteiger partial charge in [0.2, 0.25) is 0 Å². The summed E-state index contributed by atoms with van der Waals surface area (Å²) in [6, 6.07) is 0.544. The summed E-state index contributed by atoms with van der Waals surface area (Å²) in [6.45, 7) is 8.30. The standard InChI is InChI=1S/C12H25NOS/c1-4-13-11(9-14-10(2)3)12-7-5-6-8-15-12/h10-13H,4-9H2,1-3H3. The van der Waals surface area contributed by atoms with Crippen molar-refractivity contribution in [2.75, 3.05) is 18.9 Å². The lowest BCUT2D eigenvalue weighted by Crippen LogP contribution is -2.43. The molecule has 15 heavy (non-hydrogen) atoms. The molecule has 90 valence electrons. The molecule has 0 radical (unpaired) electrons. The Hall–Kier alpha value is 0.270. The van der Waals surface area contributed by atoms with E-state index in [1.165, 1.54) is 25.0 Å². The first-order valence-corrected chi connectivity index (χ1v) is 7.25. The van der Waals surface area contributed by atoms with Gasteiger partial charge in [-0.1, -0.05) is 13.3 Å². The monoisotopic (exact) mass is 231 g/mol. The Labute approximate surface area is 98.5 Å². The second-order valence-corrected chi connectivity index (χ2v) is 5.80. The van der Waals surface area contributed by atoms with Gasteiger partial charge in [0, 0.05) is 11.3 Å². The number of ether oxygens (including phenoxy) is 1. The third-order valence-electron chi connectivity index (χ3n) is 2.74. The van der Waals surface area contributed by atoms with Crippen LogP contribution in [0.4, 0.5) is 0 Å². The lowest BCUT2D eigenvalue weighted by molar-refractivity contribution is 0.0604. The molecular formula is C12H25NOS. The summed E-state index contributed by atoms with van der Waals surface area (Å²) < 4.78 is 5.73. The highest BCUT2D eigenvalue weighted by molar-refractivity contribution is 8.00. The van der Waals surface area contributed by atoms with E-state index < -0.39 is 0 Å². The molecule has 1 heterocycles. The van der Waals surface area contributed by atoms with Crippen molar-refractivity contribution >= 4 is 11.8 Å². The molecule has 1 fully saturated rings. The van der Waals surface area contributed by atoms with Gasteiger partial charge in [0.05, 0.1) is 12.7 Å². The van der Waals surface area contributed by atoms with Gasteiger partial charge in [-0.3, -0.25) is 0 Å². The molecule has 0 aromatic rings. The zero-order chi connectivity index (χ0) is 11.1. The fraction of sp³-hybridized carbons (Fsp3) is 1.00. The van der Waals surface area contributed by atoms with Crippen molar-refractivity contribution in [2.45, 2.75) is 57.4 Å². The van der Waals surface area contributed by atoms with E-state index in [0.29, 0.717) is 12.1 Å². The Kier molecular flexibility index (Phi) is 6.69. The van der Waals surface area contributed by atoms with Crippen LogP contribution in [0.25, 0.3) is 0 Å². The summed E-state index contributed by atoms with van der Waals surface area (Å²) in [7, 11) is 0. The largest absolute Gasteiger partial charge is 0.377 e. The summed E-state index contributed by atoms with van der Waals surface area (Å²) in [5.41, 5.74) is 0. The van der Waals surface area contributed by atoms with Crippen molar-refractivity contribution in [3.63, 3.8) is 0 Å². The number of nitrogens with one attached hydrogen (secondary N) is 1. The summed E-state index contributed by atoms with van der Waals surface area (Å²) in [5.74, 6) is 1.33. The molecule has 1 N–H and O–H groups in total. The summed E-state index contributed by atoms with van der Waals surface area (Å²) in [5, 5.41) is 4.32. The molecule has 0 saturated carbocycles. The van der Waals surface area contributed by atoms with Gasteiger partial charge in [-0.15, -0.1) is 0 Å². The molecule has 0 aromatic carbocycles. The highest BCUT2D eigenvalue weighted by Crippen LogP contribution is 2.27. The summed E-state index contributed by atoms with van der Waals surface area (Å²) in [4.78, 5) is 0. The van der Waals surface area contributed by atoms with E-state index in [4.69, 9.17) is 4.74 Å². The van der Waals surface area contributed by atoms with Gasteiger partial charge in [-0.05, 0) is 39.0 Å². The fourth-order valence-corrected chi connectivity index (χ4v) is 3.35. The highest BCUT2D eigenvalue weighted by atomic mass is 32.2. The molecule has 2 unspecified atom stereocenters. The molecule has 1 rings (SSSR count). The van der Waals surface area contributed by atoms with Crippen molar-refractivity contribution in [3.05, 3.63) is 0 Å². The first-order valence-electron chi connectivity index (χ1n) is 6.20. The normalized spacial score (nSPS) is 24.4. The van der Waals surface area contributed by atoms with Crippen LogP contribution in [0.15, 0.2) is 0 Å². The molecule has 1 saturated heterocycles. The van der Waals surface area contributed by atoms with Gasteiger partial charge in [0.15, 0.2) is 0 Å². The fourth-order valence-electron chi connectivity index (χ4n) is 1.94. The molecule has 1 aliphatic rings. The van der Waals surface area contributed by atoms with Gasteiger partial charge in [0.25, 0.3) is 0 Å². The molecule has 2 nitrogen and oxygen atoms in total. The third kappa shape index (κ3) is 5.23. The highest BCUT2D eigenvalue weighted by Gasteiger charge is 2.23. The lowest BCUT2D eigenvalue weighted by atomic mass is 10.1. The van der Waals surface area contributed by atoms with E-state index in [0.717, 1.165) is 18.4 Å². The minimum atomic E-state index is 0.347. The molecule has 1 aliphatic heterocycles. The van der Waals surface area contributed by atoms with Gasteiger partial charge in [-0.25, -0.2) is 0 Å². The maximum absolute atomic E-state index is 5.73. The zero-order valence-electron chi connectivity index (χ0n) is 10.3. The van der Waals surface area contributed by atoms with Crippen molar-refractivity contribution in [1.82, 2.24) is 5.32 Å². The van der Waals surface area contributed by atoms with E-state index >= 15 is 0 Å². The van der Waals surface area contributed by atoms with Crippen LogP contribution in [0.1, 0.15) is 40.0 Å². The summed E-state index contributed by atoms with van der Waals surface area (Å²) >= 11 is 2.12. The van der Waals surface area contributed by atoms with Crippen molar-refractivity contribution < 1.29 is 4.74 Å². The zero-order valence-corrected chi connectivity index (χ0v) is 11.1. The van der Waals surface area contributed by atoms with Crippen LogP contribution >= 0.6 is 11.8 Å². The maximum atomic E-state index is 5.73. The molecular weight excluding hydrogens is 206 g/mol. The van der Waals surface area contributed by atoms with Gasteiger partial charge in [0.1, 0.15) is 0 Å². The number of thioether (sulfide) groups is 1. The second kappa shape index (κ2) is 7.53. The van der Waals surface area contributed by atoms with Crippen LogP contribution in [0, 0.1) is 0 Å². The van der Waals surface area contributed by atoms with Crippen LogP contribution in [0.3, 0.4) is 0 Å². The topological polar surface area (TPSA) is 21.3 Å². The average Bonchev–Trinajstić information content (AvgIpc) is 2.25. The molecule has 0 amide bonds. The predicted molar refractivity (Wildman–Crippen MR) is 68.6 cm³/mol. The first-order chi connectivity index (χ1) is 7.24. The lowest BCUT2D eigenvalue weighted by Gasteiger charge is -2.30. The van der Waals surface area contributed by atoms with E-state index in [-0.39, 0.29) is 0 Å². The van der Waals surface area contributed by atoms with Gasteiger partial charge >= 0.3 is 0 Å². The Morgan fingerprint density at radius 3 is 2.73 bits per heavy atom. The van der Waals surface area contributed by atoms with Gasteiger partial charge < -0.3 is 10.1 Å². The first kappa shape index (κ1) is 13.3. The maximum Gasteiger partial charge on any atom is 0.0633 e. The molecule has 3 heteroatoms. The Morgan fingerprint density at radius 2 is 2.20 bits per heavy atom. The molecule has 0 spiro atoms. The number of hydrogen-bond donors (Lipinski definition) is 1.